The van der Waals surface area contributed by atoms with Crippen molar-refractivity contribution < 1.29 is 13.2 Å². The van der Waals surface area contributed by atoms with E-state index in [1.54, 1.807) is 11.8 Å². The maximum absolute atomic E-state index is 12.4. The molecule has 2 aliphatic rings. The molecule has 3 rings (SSSR count). The zero-order chi connectivity index (χ0) is 18.6. The number of piperazine rings is 1. The second-order valence-corrected chi connectivity index (χ2v) is 10.7. The lowest BCUT2D eigenvalue weighted by Gasteiger charge is -2.37. The van der Waals surface area contributed by atoms with Gasteiger partial charge in [0.05, 0.1) is 11.5 Å². The molecule has 0 aromatic heterocycles. The van der Waals surface area contributed by atoms with Crippen molar-refractivity contribution in [2.45, 2.75) is 30.2 Å². The molecule has 2 fully saturated rings. The number of amides is 1. The van der Waals surface area contributed by atoms with Crippen LogP contribution in [0.25, 0.3) is 0 Å². The molecule has 0 saturated carbocycles. The number of hydrogen-bond donors (Lipinski definition) is 0. The fourth-order valence-electron chi connectivity index (χ4n) is 3.50. The fraction of sp³-hybridized carbons (Fsp3) is 0.611. The zero-order valence-corrected chi connectivity index (χ0v) is 17.2. The molecule has 26 heavy (non-hydrogen) atoms. The summed E-state index contributed by atoms with van der Waals surface area (Å²) in [4.78, 5) is 17.7. The average molecular weight is 417 g/mol. The molecule has 5 nitrogen and oxygen atoms in total. The first-order valence-electron chi connectivity index (χ1n) is 9.03. The highest BCUT2D eigenvalue weighted by Crippen LogP contribution is 2.22. The molecule has 1 aromatic rings. The minimum Gasteiger partial charge on any atom is -0.340 e. The number of carbonyl (C=O) groups is 1. The van der Waals surface area contributed by atoms with Gasteiger partial charge in [-0.25, -0.2) is 8.42 Å². The van der Waals surface area contributed by atoms with Crippen LogP contribution in [0.5, 0.6) is 0 Å². The molecule has 1 atom stereocenters. The van der Waals surface area contributed by atoms with E-state index in [1.807, 2.05) is 29.2 Å². The third-order valence-corrected chi connectivity index (χ3v) is 8.11. The number of thioether (sulfide) groups is 1. The van der Waals surface area contributed by atoms with Crippen LogP contribution in [0.15, 0.2) is 29.2 Å². The summed E-state index contributed by atoms with van der Waals surface area (Å²) in [6.45, 7) is 2.98. The number of halogens is 1. The summed E-state index contributed by atoms with van der Waals surface area (Å²) in [7, 11) is -2.85. The van der Waals surface area contributed by atoms with Gasteiger partial charge in [-0.2, -0.15) is 0 Å². The predicted molar refractivity (Wildman–Crippen MR) is 107 cm³/mol. The van der Waals surface area contributed by atoms with Crippen LogP contribution >= 0.6 is 23.4 Å². The molecule has 1 amide bonds. The third kappa shape index (κ3) is 5.62. The Kier molecular flexibility index (Phi) is 6.88. The number of rotatable bonds is 6. The molecule has 0 aliphatic carbocycles. The smallest absolute Gasteiger partial charge is 0.222 e. The van der Waals surface area contributed by atoms with Crippen molar-refractivity contribution in [3.05, 3.63) is 29.3 Å². The van der Waals surface area contributed by atoms with Gasteiger partial charge < -0.3 is 4.90 Å². The summed E-state index contributed by atoms with van der Waals surface area (Å²) in [6, 6.07) is 7.90. The highest BCUT2D eigenvalue weighted by Gasteiger charge is 2.34. The molecule has 2 heterocycles. The van der Waals surface area contributed by atoms with Crippen molar-refractivity contribution >= 4 is 39.1 Å². The van der Waals surface area contributed by atoms with E-state index in [2.05, 4.69) is 4.90 Å². The van der Waals surface area contributed by atoms with Crippen molar-refractivity contribution in [3.63, 3.8) is 0 Å². The van der Waals surface area contributed by atoms with Crippen LogP contribution in [0.2, 0.25) is 5.02 Å². The van der Waals surface area contributed by atoms with Crippen LogP contribution in [-0.4, -0.2) is 73.6 Å². The van der Waals surface area contributed by atoms with Gasteiger partial charge in [-0.05, 0) is 42.9 Å². The Balaban J connectivity index is 1.34. The molecule has 0 N–H and O–H groups in total. The third-order valence-electron chi connectivity index (χ3n) is 5.01. The lowest BCUT2D eigenvalue weighted by Crippen LogP contribution is -2.52. The van der Waals surface area contributed by atoms with E-state index in [0.29, 0.717) is 25.3 Å². The Hall–Kier alpha value is -0.760. The van der Waals surface area contributed by atoms with E-state index in [9.17, 15) is 13.2 Å². The predicted octanol–water partition coefficient (Wildman–Crippen LogP) is 2.54. The standard InChI is InChI=1S/C18H25ClN2O3S2/c19-15-3-5-17(6-4-15)25-12-1-2-18(22)21-10-8-20(9-11-21)16-7-13-26(23,24)14-16/h3-6,16H,1-2,7-14H2. The van der Waals surface area contributed by atoms with Crippen LogP contribution in [0.1, 0.15) is 19.3 Å². The second kappa shape index (κ2) is 8.95. The highest BCUT2D eigenvalue weighted by atomic mass is 35.5. The lowest BCUT2D eigenvalue weighted by molar-refractivity contribution is -0.133. The highest BCUT2D eigenvalue weighted by molar-refractivity contribution is 7.99. The molecule has 0 bridgehead atoms. The number of benzene rings is 1. The molecule has 0 spiro atoms. The Bertz CT molecular complexity index is 716. The first-order chi connectivity index (χ1) is 12.4. The Labute approximate surface area is 165 Å². The van der Waals surface area contributed by atoms with Crippen molar-refractivity contribution in [2.75, 3.05) is 43.4 Å². The van der Waals surface area contributed by atoms with E-state index >= 15 is 0 Å². The number of hydrogen-bond acceptors (Lipinski definition) is 5. The van der Waals surface area contributed by atoms with Gasteiger partial charge in [0.2, 0.25) is 5.91 Å². The van der Waals surface area contributed by atoms with Crippen LogP contribution in [-0.2, 0) is 14.6 Å². The van der Waals surface area contributed by atoms with Crippen molar-refractivity contribution in [3.8, 4) is 0 Å². The van der Waals surface area contributed by atoms with Gasteiger partial charge in [-0.15, -0.1) is 11.8 Å². The molecular weight excluding hydrogens is 392 g/mol. The monoisotopic (exact) mass is 416 g/mol. The largest absolute Gasteiger partial charge is 0.340 e. The Morgan fingerprint density at radius 3 is 2.46 bits per heavy atom. The molecule has 2 aliphatic heterocycles. The van der Waals surface area contributed by atoms with Crippen LogP contribution < -0.4 is 0 Å². The molecule has 1 aromatic carbocycles. The van der Waals surface area contributed by atoms with Gasteiger partial charge in [-0.3, -0.25) is 9.69 Å². The first-order valence-corrected chi connectivity index (χ1v) is 12.2. The van der Waals surface area contributed by atoms with Crippen molar-refractivity contribution in [1.29, 1.82) is 0 Å². The van der Waals surface area contributed by atoms with E-state index in [-0.39, 0.29) is 17.7 Å². The summed E-state index contributed by atoms with van der Waals surface area (Å²) in [5.41, 5.74) is 0. The SMILES string of the molecule is O=C(CCCSc1ccc(Cl)cc1)N1CCN(C2CCS(=O)(=O)C2)CC1. The minimum atomic E-state index is -2.85. The van der Waals surface area contributed by atoms with E-state index in [4.69, 9.17) is 11.6 Å². The van der Waals surface area contributed by atoms with Crippen molar-refractivity contribution in [1.82, 2.24) is 9.80 Å². The number of sulfone groups is 1. The molecule has 144 valence electrons. The van der Waals surface area contributed by atoms with Gasteiger partial charge >= 0.3 is 0 Å². The quantitative estimate of drug-likeness (QED) is 0.527. The molecular formula is C18H25ClN2O3S2. The number of carbonyl (C=O) groups excluding carboxylic acids is 1. The van der Waals surface area contributed by atoms with Gasteiger partial charge in [0.25, 0.3) is 0 Å². The normalized spacial score (nSPS) is 23.3. The summed E-state index contributed by atoms with van der Waals surface area (Å²) < 4.78 is 23.2. The maximum atomic E-state index is 12.4. The Morgan fingerprint density at radius 2 is 1.85 bits per heavy atom. The summed E-state index contributed by atoms with van der Waals surface area (Å²) in [5.74, 6) is 1.71. The summed E-state index contributed by atoms with van der Waals surface area (Å²) in [5, 5.41) is 0.735. The first kappa shape index (κ1) is 20.0. The minimum absolute atomic E-state index is 0.146. The summed E-state index contributed by atoms with van der Waals surface area (Å²) in [6.07, 6.45) is 2.16. The van der Waals surface area contributed by atoms with Crippen LogP contribution in [0.4, 0.5) is 0 Å². The molecule has 2 saturated heterocycles. The Morgan fingerprint density at radius 1 is 1.15 bits per heavy atom. The van der Waals surface area contributed by atoms with E-state index in [1.165, 1.54) is 4.90 Å². The fourth-order valence-corrected chi connectivity index (χ4v) is 6.24. The van der Waals surface area contributed by atoms with Gasteiger partial charge in [0.15, 0.2) is 9.84 Å². The van der Waals surface area contributed by atoms with Crippen LogP contribution in [0, 0.1) is 0 Å². The maximum Gasteiger partial charge on any atom is 0.222 e. The molecule has 1 unspecified atom stereocenters. The zero-order valence-electron chi connectivity index (χ0n) is 14.8. The topological polar surface area (TPSA) is 57.7 Å². The average Bonchev–Trinajstić information content (AvgIpc) is 3.00. The summed E-state index contributed by atoms with van der Waals surface area (Å²) >= 11 is 7.61. The van der Waals surface area contributed by atoms with E-state index < -0.39 is 9.84 Å². The molecule has 0 radical (unpaired) electrons. The van der Waals surface area contributed by atoms with Crippen LogP contribution in [0.3, 0.4) is 0 Å². The second-order valence-electron chi connectivity index (χ2n) is 6.88. The van der Waals surface area contributed by atoms with Gasteiger partial charge in [0, 0.05) is 48.6 Å². The van der Waals surface area contributed by atoms with Gasteiger partial charge in [0.1, 0.15) is 0 Å². The number of nitrogens with zero attached hydrogens (tertiary/aromatic N) is 2. The van der Waals surface area contributed by atoms with E-state index in [0.717, 1.165) is 36.7 Å². The lowest BCUT2D eigenvalue weighted by atomic mass is 10.2. The molecule has 8 heteroatoms. The van der Waals surface area contributed by atoms with Gasteiger partial charge in [-0.1, -0.05) is 11.6 Å². The van der Waals surface area contributed by atoms with Crippen molar-refractivity contribution in [2.24, 2.45) is 0 Å².